The Kier molecular flexibility index (Phi) is 7.06. The molecule has 0 amide bonds. The minimum Gasteiger partial charge on any atom is -0.276 e. The molecule has 0 heterocycles. The van der Waals surface area contributed by atoms with Crippen molar-refractivity contribution in [2.24, 2.45) is 0 Å². The zero-order valence-electron chi connectivity index (χ0n) is 10.3. The van der Waals surface area contributed by atoms with Crippen molar-refractivity contribution in [2.45, 2.75) is 43.4 Å². The third kappa shape index (κ3) is 5.60. The van der Waals surface area contributed by atoms with Gasteiger partial charge in [0.05, 0.1) is 0 Å². The SMILES string of the molecule is CCCC(Cl)CC(Cl)Cc1ccc(C(=O)Cl)cc1. The second kappa shape index (κ2) is 8.04. The molecule has 1 aromatic rings. The fourth-order valence-electron chi connectivity index (χ4n) is 1.82. The predicted molar refractivity (Wildman–Crippen MR) is 79.1 cm³/mol. The molecule has 1 rings (SSSR count). The van der Waals surface area contributed by atoms with Crippen molar-refractivity contribution in [1.29, 1.82) is 0 Å². The fourth-order valence-corrected chi connectivity index (χ4v) is 2.86. The molecule has 0 aliphatic heterocycles. The zero-order chi connectivity index (χ0) is 13.5. The maximum absolute atomic E-state index is 10.9. The van der Waals surface area contributed by atoms with Crippen LogP contribution in [0, 0.1) is 0 Å². The van der Waals surface area contributed by atoms with E-state index in [0.29, 0.717) is 5.56 Å². The van der Waals surface area contributed by atoms with Crippen molar-refractivity contribution >= 4 is 40.0 Å². The fraction of sp³-hybridized carbons (Fsp3) is 0.500. The maximum Gasteiger partial charge on any atom is 0.252 e. The summed E-state index contributed by atoms with van der Waals surface area (Å²) in [6.07, 6.45) is 3.62. The van der Waals surface area contributed by atoms with Crippen LogP contribution in [0.5, 0.6) is 0 Å². The van der Waals surface area contributed by atoms with Crippen LogP contribution in [-0.2, 0) is 6.42 Å². The summed E-state index contributed by atoms with van der Waals surface area (Å²) in [5.41, 5.74) is 1.60. The molecule has 0 radical (unpaired) electrons. The lowest BCUT2D eigenvalue weighted by Crippen LogP contribution is -2.11. The molecule has 18 heavy (non-hydrogen) atoms. The van der Waals surface area contributed by atoms with Gasteiger partial charge in [-0.2, -0.15) is 0 Å². The van der Waals surface area contributed by atoms with Gasteiger partial charge in [0.1, 0.15) is 0 Å². The van der Waals surface area contributed by atoms with Crippen LogP contribution in [0.3, 0.4) is 0 Å². The van der Waals surface area contributed by atoms with Gasteiger partial charge in [0.15, 0.2) is 0 Å². The van der Waals surface area contributed by atoms with Crippen LogP contribution in [-0.4, -0.2) is 16.0 Å². The molecule has 0 aliphatic carbocycles. The highest BCUT2D eigenvalue weighted by atomic mass is 35.5. The molecule has 1 aromatic carbocycles. The lowest BCUT2D eigenvalue weighted by molar-refractivity contribution is 0.108. The van der Waals surface area contributed by atoms with Gasteiger partial charge in [-0.25, -0.2) is 0 Å². The minimum absolute atomic E-state index is 0.0246. The van der Waals surface area contributed by atoms with Crippen LogP contribution in [0.2, 0.25) is 0 Å². The highest BCUT2D eigenvalue weighted by Crippen LogP contribution is 2.19. The molecule has 0 saturated carbocycles. The van der Waals surface area contributed by atoms with Crippen LogP contribution >= 0.6 is 34.8 Å². The van der Waals surface area contributed by atoms with Gasteiger partial charge in [0.2, 0.25) is 0 Å². The molecule has 0 aliphatic rings. The molecular weight excluding hydrogens is 291 g/mol. The molecule has 0 spiro atoms. The smallest absolute Gasteiger partial charge is 0.252 e. The second-order valence-electron chi connectivity index (χ2n) is 4.39. The zero-order valence-corrected chi connectivity index (χ0v) is 12.6. The molecule has 0 aromatic heterocycles. The molecule has 0 fully saturated rings. The standard InChI is InChI=1S/C14H17Cl3O/c1-2-3-12(15)9-13(16)8-10-4-6-11(7-5-10)14(17)18/h4-7,12-13H,2-3,8-9H2,1H3. The normalized spacial score (nSPS) is 14.2. The summed E-state index contributed by atoms with van der Waals surface area (Å²) in [5.74, 6) is 0. The number of carbonyl (C=O) groups excluding carboxylic acids is 1. The first-order chi connectivity index (χ1) is 8.52. The predicted octanol–water partition coefficient (Wildman–Crippen LogP) is 5.01. The van der Waals surface area contributed by atoms with E-state index in [-0.39, 0.29) is 10.8 Å². The Labute approximate surface area is 123 Å². The Morgan fingerprint density at radius 2 is 1.78 bits per heavy atom. The first kappa shape index (κ1) is 15.8. The molecule has 4 heteroatoms. The number of halogens is 3. The third-order valence-corrected chi connectivity index (χ3v) is 3.70. The highest BCUT2D eigenvalue weighted by molar-refractivity contribution is 6.67. The monoisotopic (exact) mass is 306 g/mol. The van der Waals surface area contributed by atoms with Crippen molar-refractivity contribution in [3.05, 3.63) is 35.4 Å². The van der Waals surface area contributed by atoms with Crippen molar-refractivity contribution in [2.75, 3.05) is 0 Å². The third-order valence-electron chi connectivity index (χ3n) is 2.75. The van der Waals surface area contributed by atoms with Gasteiger partial charge in [-0.3, -0.25) is 4.79 Å². The van der Waals surface area contributed by atoms with Gasteiger partial charge < -0.3 is 0 Å². The van der Waals surface area contributed by atoms with Gasteiger partial charge in [-0.05, 0) is 48.6 Å². The van der Waals surface area contributed by atoms with Gasteiger partial charge in [-0.15, -0.1) is 23.2 Å². The number of hydrogen-bond acceptors (Lipinski definition) is 1. The summed E-state index contributed by atoms with van der Waals surface area (Å²) in [6.45, 7) is 2.11. The minimum atomic E-state index is -0.437. The number of rotatable bonds is 7. The Balaban J connectivity index is 2.49. The summed E-state index contributed by atoms with van der Waals surface area (Å²) in [6, 6.07) is 7.21. The molecule has 1 nitrogen and oxygen atoms in total. The van der Waals surface area contributed by atoms with E-state index >= 15 is 0 Å². The van der Waals surface area contributed by atoms with Crippen molar-refractivity contribution in [3.8, 4) is 0 Å². The summed E-state index contributed by atoms with van der Waals surface area (Å²) < 4.78 is 0. The van der Waals surface area contributed by atoms with Crippen molar-refractivity contribution in [1.82, 2.24) is 0 Å². The Morgan fingerprint density at radius 3 is 2.28 bits per heavy atom. The number of alkyl halides is 2. The lowest BCUT2D eigenvalue weighted by Gasteiger charge is -2.13. The number of carbonyl (C=O) groups is 1. The van der Waals surface area contributed by atoms with Crippen LogP contribution < -0.4 is 0 Å². The second-order valence-corrected chi connectivity index (χ2v) is 5.97. The van der Waals surface area contributed by atoms with E-state index in [1.54, 1.807) is 12.1 Å². The van der Waals surface area contributed by atoms with E-state index < -0.39 is 5.24 Å². The molecular formula is C14H17Cl3O. The van der Waals surface area contributed by atoms with E-state index in [1.165, 1.54) is 0 Å². The van der Waals surface area contributed by atoms with E-state index in [0.717, 1.165) is 31.2 Å². The Bertz CT molecular complexity index is 375. The largest absolute Gasteiger partial charge is 0.276 e. The number of hydrogen-bond donors (Lipinski definition) is 0. The summed E-state index contributed by atoms with van der Waals surface area (Å²) in [7, 11) is 0. The molecule has 0 saturated heterocycles. The Morgan fingerprint density at radius 1 is 1.17 bits per heavy atom. The quantitative estimate of drug-likeness (QED) is 0.511. The van der Waals surface area contributed by atoms with E-state index in [2.05, 4.69) is 6.92 Å². The molecule has 100 valence electrons. The molecule has 0 bridgehead atoms. The molecule has 2 unspecified atom stereocenters. The average Bonchev–Trinajstić information content (AvgIpc) is 2.29. The van der Waals surface area contributed by atoms with Crippen LogP contribution in [0.25, 0.3) is 0 Å². The van der Waals surface area contributed by atoms with E-state index in [9.17, 15) is 4.79 Å². The van der Waals surface area contributed by atoms with Gasteiger partial charge in [0.25, 0.3) is 5.24 Å². The van der Waals surface area contributed by atoms with Gasteiger partial charge >= 0.3 is 0 Å². The first-order valence-corrected chi connectivity index (χ1v) is 7.35. The van der Waals surface area contributed by atoms with Gasteiger partial charge in [0, 0.05) is 16.3 Å². The number of benzene rings is 1. The van der Waals surface area contributed by atoms with Crippen LogP contribution in [0.15, 0.2) is 24.3 Å². The van der Waals surface area contributed by atoms with Crippen LogP contribution in [0.4, 0.5) is 0 Å². The molecule has 0 N–H and O–H groups in total. The van der Waals surface area contributed by atoms with E-state index in [1.807, 2.05) is 12.1 Å². The van der Waals surface area contributed by atoms with Crippen molar-refractivity contribution in [3.63, 3.8) is 0 Å². The van der Waals surface area contributed by atoms with E-state index in [4.69, 9.17) is 34.8 Å². The summed E-state index contributed by atoms with van der Waals surface area (Å²) >= 11 is 17.8. The lowest BCUT2D eigenvalue weighted by atomic mass is 10.0. The Hall–Kier alpha value is -0.240. The maximum atomic E-state index is 10.9. The summed E-state index contributed by atoms with van der Waals surface area (Å²) in [5, 5.41) is -0.273. The van der Waals surface area contributed by atoms with Crippen LogP contribution in [0.1, 0.15) is 42.1 Å². The molecule has 2 atom stereocenters. The highest BCUT2D eigenvalue weighted by Gasteiger charge is 2.12. The average molecular weight is 308 g/mol. The van der Waals surface area contributed by atoms with Crippen molar-refractivity contribution < 1.29 is 4.79 Å². The summed E-state index contributed by atoms with van der Waals surface area (Å²) in [4.78, 5) is 10.9. The topological polar surface area (TPSA) is 17.1 Å². The first-order valence-electron chi connectivity index (χ1n) is 6.09. The van der Waals surface area contributed by atoms with Gasteiger partial charge in [-0.1, -0.05) is 25.5 Å².